The molecule has 5 rings (SSSR count). The Balaban J connectivity index is 1.69. The van der Waals surface area contributed by atoms with Crippen LogP contribution >= 0.6 is 0 Å². The quantitative estimate of drug-likeness (QED) is 0.698. The zero-order valence-corrected chi connectivity index (χ0v) is 13.6. The first kappa shape index (κ1) is 18.3. The van der Waals surface area contributed by atoms with Gasteiger partial charge in [-0.3, -0.25) is 4.79 Å². The molecule has 2 atom stereocenters. The van der Waals surface area contributed by atoms with Gasteiger partial charge in [0.2, 0.25) is 0 Å². The number of halogens is 6. The number of aliphatic carboxylic acids is 1. The lowest BCUT2D eigenvalue weighted by Crippen LogP contribution is -2.69. The number of hydrogen-bond acceptors (Lipinski definition) is 3. The molecule has 0 aromatic rings. The van der Waals surface area contributed by atoms with Crippen molar-refractivity contribution >= 4 is 5.97 Å². The van der Waals surface area contributed by atoms with Crippen LogP contribution in [-0.4, -0.2) is 47.8 Å². The standard InChI is InChI=1S/C16H18F6O4/c17-13(18)6-25-15(26-7-14(19,20)16(13,21)22)9-1-8-2-10(15)5-12(3-8,4-9)11(23)24/h8-10H,1-7H2,(H,23,24). The van der Waals surface area contributed by atoms with Crippen LogP contribution in [0.3, 0.4) is 0 Å². The average molecular weight is 388 g/mol. The maximum Gasteiger partial charge on any atom is 0.376 e. The smallest absolute Gasteiger partial charge is 0.376 e. The monoisotopic (exact) mass is 388 g/mol. The number of carboxylic acids is 1. The Morgan fingerprint density at radius 3 is 1.73 bits per heavy atom. The van der Waals surface area contributed by atoms with Gasteiger partial charge in [0.25, 0.3) is 0 Å². The molecule has 1 saturated heterocycles. The molecule has 4 saturated carbocycles. The van der Waals surface area contributed by atoms with Gasteiger partial charge in [-0.15, -0.1) is 0 Å². The Bertz CT molecular complexity index is 596. The number of alkyl halides is 6. The number of carboxylic acid groups (broad SMARTS) is 1. The Morgan fingerprint density at radius 1 is 0.846 bits per heavy atom. The molecule has 0 radical (unpaired) electrons. The van der Waals surface area contributed by atoms with Gasteiger partial charge in [-0.05, 0) is 38.0 Å². The second-order valence-electron chi connectivity index (χ2n) is 8.21. The molecule has 26 heavy (non-hydrogen) atoms. The van der Waals surface area contributed by atoms with Crippen LogP contribution in [-0.2, 0) is 14.3 Å². The van der Waals surface area contributed by atoms with Crippen molar-refractivity contribution in [3.63, 3.8) is 0 Å². The maximum absolute atomic E-state index is 13.8. The van der Waals surface area contributed by atoms with E-state index in [1.165, 1.54) is 0 Å². The largest absolute Gasteiger partial charge is 0.481 e. The highest BCUT2D eigenvalue weighted by atomic mass is 19.3. The molecule has 1 N–H and O–H groups in total. The van der Waals surface area contributed by atoms with Gasteiger partial charge in [0.1, 0.15) is 13.2 Å². The van der Waals surface area contributed by atoms with Crippen molar-refractivity contribution in [3.8, 4) is 0 Å². The van der Waals surface area contributed by atoms with E-state index >= 15 is 0 Å². The molecule has 10 heteroatoms. The molecule has 5 fully saturated rings. The van der Waals surface area contributed by atoms with Crippen LogP contribution in [0.1, 0.15) is 32.1 Å². The highest BCUT2D eigenvalue weighted by Crippen LogP contribution is 2.66. The third kappa shape index (κ3) is 2.14. The predicted octanol–water partition coefficient (Wildman–Crippen LogP) is 3.55. The second kappa shape index (κ2) is 5.06. The van der Waals surface area contributed by atoms with Crippen LogP contribution in [0.5, 0.6) is 0 Å². The van der Waals surface area contributed by atoms with E-state index in [-0.39, 0.29) is 18.8 Å². The highest BCUT2D eigenvalue weighted by Gasteiger charge is 2.75. The number of rotatable bonds is 1. The van der Waals surface area contributed by atoms with Gasteiger partial charge in [0, 0.05) is 11.8 Å². The summed E-state index contributed by atoms with van der Waals surface area (Å²) in [5, 5.41) is 9.58. The third-order valence-corrected chi connectivity index (χ3v) is 6.66. The van der Waals surface area contributed by atoms with Gasteiger partial charge in [-0.25, -0.2) is 0 Å². The highest BCUT2D eigenvalue weighted by molar-refractivity contribution is 5.75. The Hall–Kier alpha value is -1.03. The van der Waals surface area contributed by atoms with Gasteiger partial charge in [-0.1, -0.05) is 0 Å². The molecule has 4 aliphatic carbocycles. The average Bonchev–Trinajstić information content (AvgIpc) is 2.52. The summed E-state index contributed by atoms with van der Waals surface area (Å²) in [4.78, 5) is 11.7. The third-order valence-electron chi connectivity index (χ3n) is 6.66. The zero-order chi connectivity index (χ0) is 19.2. The lowest BCUT2D eigenvalue weighted by Gasteiger charge is -2.63. The van der Waals surface area contributed by atoms with Crippen LogP contribution in [0, 0.1) is 23.2 Å². The lowest BCUT2D eigenvalue weighted by molar-refractivity contribution is -0.421. The first-order valence-electron chi connectivity index (χ1n) is 8.50. The minimum Gasteiger partial charge on any atom is -0.481 e. The normalized spacial score (nSPS) is 44.5. The van der Waals surface area contributed by atoms with E-state index in [4.69, 9.17) is 9.47 Å². The van der Waals surface area contributed by atoms with E-state index < -0.39 is 60.0 Å². The Kier molecular flexibility index (Phi) is 3.57. The van der Waals surface area contributed by atoms with Crippen molar-refractivity contribution in [1.29, 1.82) is 0 Å². The summed E-state index contributed by atoms with van der Waals surface area (Å²) in [5.74, 6) is -20.0. The van der Waals surface area contributed by atoms with E-state index in [0.29, 0.717) is 19.3 Å². The fourth-order valence-electron chi connectivity index (χ4n) is 5.56. The molecule has 1 aliphatic heterocycles. The van der Waals surface area contributed by atoms with Gasteiger partial charge >= 0.3 is 23.7 Å². The minimum absolute atomic E-state index is 0.00864. The van der Waals surface area contributed by atoms with E-state index in [1.54, 1.807) is 0 Å². The summed E-state index contributed by atoms with van der Waals surface area (Å²) in [6.45, 7) is -3.79. The first-order chi connectivity index (χ1) is 11.9. The summed E-state index contributed by atoms with van der Waals surface area (Å²) in [7, 11) is 0. The molecule has 4 nitrogen and oxygen atoms in total. The first-order valence-corrected chi connectivity index (χ1v) is 8.50. The summed E-state index contributed by atoms with van der Waals surface area (Å²) < 4.78 is 92.6. The molecular weight excluding hydrogens is 370 g/mol. The number of hydrogen-bond donors (Lipinski definition) is 1. The molecule has 2 unspecified atom stereocenters. The molecule has 148 valence electrons. The fraction of sp³-hybridized carbons (Fsp3) is 0.938. The van der Waals surface area contributed by atoms with E-state index in [2.05, 4.69) is 0 Å². The molecular formula is C16H18F6O4. The number of ether oxygens (including phenoxy) is 2. The van der Waals surface area contributed by atoms with Crippen molar-refractivity contribution < 1.29 is 45.7 Å². The summed E-state index contributed by atoms with van der Waals surface area (Å²) >= 11 is 0. The van der Waals surface area contributed by atoms with E-state index in [0.717, 1.165) is 0 Å². The van der Waals surface area contributed by atoms with Crippen molar-refractivity contribution in [3.05, 3.63) is 0 Å². The van der Waals surface area contributed by atoms with Crippen molar-refractivity contribution in [2.45, 2.75) is 55.7 Å². The van der Waals surface area contributed by atoms with Crippen LogP contribution in [0.2, 0.25) is 0 Å². The van der Waals surface area contributed by atoms with Gasteiger partial charge < -0.3 is 14.6 Å². The second-order valence-corrected chi connectivity index (χ2v) is 8.21. The van der Waals surface area contributed by atoms with Gasteiger partial charge in [-0.2, -0.15) is 26.3 Å². The number of carbonyl (C=O) groups is 1. The van der Waals surface area contributed by atoms with E-state index in [1.807, 2.05) is 0 Å². The van der Waals surface area contributed by atoms with Crippen LogP contribution in [0.25, 0.3) is 0 Å². The van der Waals surface area contributed by atoms with E-state index in [9.17, 15) is 36.2 Å². The van der Waals surface area contributed by atoms with Crippen molar-refractivity contribution in [1.82, 2.24) is 0 Å². The molecule has 5 aliphatic rings. The summed E-state index contributed by atoms with van der Waals surface area (Å²) in [6.07, 6.45) is 1.31. The summed E-state index contributed by atoms with van der Waals surface area (Å²) in [6, 6.07) is 0. The van der Waals surface area contributed by atoms with Gasteiger partial charge in [0.05, 0.1) is 5.41 Å². The van der Waals surface area contributed by atoms with Crippen molar-refractivity contribution in [2.24, 2.45) is 23.2 Å². The fourth-order valence-corrected chi connectivity index (χ4v) is 5.56. The molecule has 0 aromatic carbocycles. The molecule has 1 heterocycles. The topological polar surface area (TPSA) is 55.8 Å². The molecule has 0 amide bonds. The van der Waals surface area contributed by atoms with Crippen LogP contribution in [0.15, 0.2) is 0 Å². The lowest BCUT2D eigenvalue weighted by atomic mass is 9.47. The minimum atomic E-state index is -5.60. The van der Waals surface area contributed by atoms with Crippen LogP contribution in [0.4, 0.5) is 26.3 Å². The van der Waals surface area contributed by atoms with Gasteiger partial charge in [0.15, 0.2) is 5.79 Å². The Labute approximate surface area is 144 Å². The molecule has 0 aromatic heterocycles. The predicted molar refractivity (Wildman–Crippen MR) is 73.1 cm³/mol. The molecule has 1 spiro atoms. The van der Waals surface area contributed by atoms with Crippen molar-refractivity contribution in [2.75, 3.05) is 13.2 Å². The Morgan fingerprint density at radius 2 is 1.31 bits per heavy atom. The summed E-state index contributed by atoms with van der Waals surface area (Å²) in [5.41, 5.74) is -1.05. The zero-order valence-electron chi connectivity index (χ0n) is 13.6. The maximum atomic E-state index is 13.8. The van der Waals surface area contributed by atoms with Crippen LogP contribution < -0.4 is 0 Å². The SMILES string of the molecule is O=C(O)C12CC3CC(C1)C1(OCC(F)(F)C(F)(F)C(F)(F)CO1)C(C3)C2. The molecule has 4 bridgehead atoms.